The third kappa shape index (κ3) is 4.20. The fraction of sp³-hybridized carbons (Fsp3) is 0.156. The van der Waals surface area contributed by atoms with Crippen molar-refractivity contribution in [2.75, 3.05) is 32.1 Å². The second-order valence-corrected chi connectivity index (χ2v) is 13.4. The van der Waals surface area contributed by atoms with Gasteiger partial charge in [-0.1, -0.05) is 134 Å². The highest BCUT2D eigenvalue weighted by Crippen LogP contribution is 2.59. The third-order valence-electron chi connectivity index (χ3n) is 10.8. The van der Waals surface area contributed by atoms with Crippen LogP contribution in [0.4, 0.5) is 11.4 Å². The molecule has 0 spiro atoms. The van der Waals surface area contributed by atoms with Crippen molar-refractivity contribution in [1.29, 1.82) is 0 Å². The molecule has 0 radical (unpaired) electrons. The van der Waals surface area contributed by atoms with E-state index < -0.39 is 5.41 Å². The topological polar surface area (TPSA) is 9.72 Å². The summed E-state index contributed by atoms with van der Waals surface area (Å²) in [6, 6.07) is 35.9. The molecular formula is C45H39N3. The van der Waals surface area contributed by atoms with Crippen molar-refractivity contribution >= 4 is 29.2 Å². The summed E-state index contributed by atoms with van der Waals surface area (Å²) in [7, 11) is 4.47. The normalized spacial score (nSPS) is 20.1. The molecule has 0 bridgehead atoms. The van der Waals surface area contributed by atoms with Gasteiger partial charge < -0.3 is 14.7 Å². The molecule has 3 aliphatic heterocycles. The Morgan fingerprint density at radius 3 is 2.17 bits per heavy atom. The maximum atomic E-state index is 2.52. The molecule has 0 aromatic heterocycles. The smallest absolute Gasteiger partial charge is 0.0728 e. The van der Waals surface area contributed by atoms with E-state index in [1.165, 1.54) is 67.4 Å². The molecule has 0 N–H and O–H groups in total. The van der Waals surface area contributed by atoms with Crippen molar-refractivity contribution in [2.45, 2.75) is 11.8 Å². The SMILES string of the molecule is CN1CC=C(N2c3ccccc3C=Cc3c2ccc2c3C3=C(C=CCN3C)C2(c2ccccc2)c2ccccc2)C=C1C1C=CC=CC1. The van der Waals surface area contributed by atoms with E-state index in [0.29, 0.717) is 5.92 Å². The van der Waals surface area contributed by atoms with Crippen LogP contribution in [0.25, 0.3) is 17.8 Å². The Labute approximate surface area is 284 Å². The Morgan fingerprint density at radius 2 is 1.42 bits per heavy atom. The highest BCUT2D eigenvalue weighted by atomic mass is 15.2. The number of fused-ring (bicyclic) bond motifs is 5. The average molecular weight is 622 g/mol. The van der Waals surface area contributed by atoms with Crippen LogP contribution in [0.3, 0.4) is 0 Å². The Hall–Kier alpha value is -5.54. The van der Waals surface area contributed by atoms with E-state index in [-0.39, 0.29) is 0 Å². The summed E-state index contributed by atoms with van der Waals surface area (Å²) in [5.74, 6) is 0.372. The van der Waals surface area contributed by atoms with E-state index in [0.717, 1.165) is 19.5 Å². The van der Waals surface area contributed by atoms with Crippen LogP contribution in [0.2, 0.25) is 0 Å². The molecule has 3 heterocycles. The second-order valence-electron chi connectivity index (χ2n) is 13.4. The summed E-state index contributed by atoms with van der Waals surface area (Å²) >= 11 is 0. The zero-order chi connectivity index (χ0) is 32.2. The van der Waals surface area contributed by atoms with Gasteiger partial charge in [0, 0.05) is 61.3 Å². The molecule has 4 aromatic rings. The minimum absolute atomic E-state index is 0.372. The van der Waals surface area contributed by atoms with E-state index in [9.17, 15) is 0 Å². The van der Waals surface area contributed by atoms with Gasteiger partial charge in [0.15, 0.2) is 0 Å². The maximum Gasteiger partial charge on any atom is 0.0728 e. The van der Waals surface area contributed by atoms with Crippen LogP contribution < -0.4 is 4.90 Å². The first-order chi connectivity index (χ1) is 23.7. The van der Waals surface area contributed by atoms with Crippen molar-refractivity contribution in [2.24, 2.45) is 5.92 Å². The molecule has 2 aliphatic carbocycles. The largest absolute Gasteiger partial charge is 0.374 e. The van der Waals surface area contributed by atoms with Crippen LogP contribution in [0.15, 0.2) is 163 Å². The van der Waals surface area contributed by atoms with Gasteiger partial charge in [-0.25, -0.2) is 0 Å². The van der Waals surface area contributed by atoms with E-state index in [1.807, 2.05) is 0 Å². The Kier molecular flexibility index (Phi) is 6.76. The number of allylic oxidation sites excluding steroid dienone is 7. The van der Waals surface area contributed by atoms with Gasteiger partial charge in [0.25, 0.3) is 0 Å². The van der Waals surface area contributed by atoms with E-state index in [2.05, 4.69) is 187 Å². The van der Waals surface area contributed by atoms with Crippen LogP contribution in [-0.2, 0) is 5.41 Å². The summed E-state index contributed by atoms with van der Waals surface area (Å²) in [5.41, 5.74) is 15.0. The summed E-state index contributed by atoms with van der Waals surface area (Å²) in [5, 5.41) is 0. The lowest BCUT2D eigenvalue weighted by Gasteiger charge is -2.37. The minimum Gasteiger partial charge on any atom is -0.374 e. The number of anilines is 2. The maximum absolute atomic E-state index is 2.52. The fourth-order valence-corrected chi connectivity index (χ4v) is 8.60. The molecule has 4 aromatic carbocycles. The number of benzene rings is 4. The van der Waals surface area contributed by atoms with Crippen LogP contribution in [0, 0.1) is 5.92 Å². The molecule has 9 rings (SSSR count). The Morgan fingerprint density at radius 1 is 0.667 bits per heavy atom. The molecule has 5 aliphatic rings. The van der Waals surface area contributed by atoms with Crippen LogP contribution >= 0.6 is 0 Å². The monoisotopic (exact) mass is 621 g/mol. The van der Waals surface area contributed by atoms with Crippen LogP contribution in [-0.4, -0.2) is 37.0 Å². The first kappa shape index (κ1) is 28.7. The first-order valence-corrected chi connectivity index (χ1v) is 17.1. The zero-order valence-corrected chi connectivity index (χ0v) is 27.6. The van der Waals surface area contributed by atoms with Crippen LogP contribution in [0.5, 0.6) is 0 Å². The molecule has 3 nitrogen and oxygen atoms in total. The number of hydrogen-bond acceptors (Lipinski definition) is 3. The average Bonchev–Trinajstić information content (AvgIpc) is 3.35. The third-order valence-corrected chi connectivity index (χ3v) is 10.8. The van der Waals surface area contributed by atoms with Crippen molar-refractivity contribution < 1.29 is 0 Å². The molecule has 0 saturated carbocycles. The van der Waals surface area contributed by atoms with Gasteiger partial charge >= 0.3 is 0 Å². The molecule has 1 unspecified atom stereocenters. The molecule has 0 fully saturated rings. The quantitative estimate of drug-likeness (QED) is 0.225. The number of hydrogen-bond donors (Lipinski definition) is 0. The van der Waals surface area contributed by atoms with E-state index in [1.54, 1.807) is 0 Å². The predicted molar refractivity (Wildman–Crippen MR) is 201 cm³/mol. The van der Waals surface area contributed by atoms with Crippen LogP contribution in [0.1, 0.15) is 39.8 Å². The number of nitrogens with zero attached hydrogens (tertiary/aromatic N) is 3. The predicted octanol–water partition coefficient (Wildman–Crippen LogP) is 9.71. The van der Waals surface area contributed by atoms with Gasteiger partial charge in [-0.05, 0) is 58.5 Å². The summed E-state index contributed by atoms with van der Waals surface area (Å²) in [6.45, 7) is 1.75. The Bertz CT molecular complexity index is 2100. The standard InChI is InChI=1S/C45H39N3/c1-46-30-28-36(31-42(46)32-15-6-3-7-16-32)48-40-23-13-12-17-33(40)24-25-37-41(48)27-26-38-43(37)44-39(22-14-29-47(44)2)45(38,34-18-8-4-9-19-34)35-20-10-5-11-21-35/h3-15,17-28,31-32H,16,29-30H2,1-2H3. The first-order valence-electron chi connectivity index (χ1n) is 17.1. The molecular weight excluding hydrogens is 583 g/mol. The molecule has 48 heavy (non-hydrogen) atoms. The highest BCUT2D eigenvalue weighted by molar-refractivity contribution is 5.99. The van der Waals surface area contributed by atoms with Crippen molar-refractivity contribution in [3.05, 3.63) is 196 Å². The fourth-order valence-electron chi connectivity index (χ4n) is 8.60. The lowest BCUT2D eigenvalue weighted by Crippen LogP contribution is -2.31. The molecule has 234 valence electrons. The molecule has 3 heteroatoms. The highest BCUT2D eigenvalue weighted by Gasteiger charge is 2.49. The van der Waals surface area contributed by atoms with Gasteiger partial charge in [0.1, 0.15) is 0 Å². The summed E-state index contributed by atoms with van der Waals surface area (Å²) in [4.78, 5) is 7.37. The van der Waals surface area contributed by atoms with Gasteiger partial charge in [-0.15, -0.1) is 0 Å². The molecule has 0 amide bonds. The summed E-state index contributed by atoms with van der Waals surface area (Å²) < 4.78 is 0. The van der Waals surface area contributed by atoms with Gasteiger partial charge in [0.05, 0.1) is 16.8 Å². The van der Waals surface area contributed by atoms with E-state index in [4.69, 9.17) is 0 Å². The number of rotatable bonds is 4. The molecule has 1 atom stereocenters. The summed E-state index contributed by atoms with van der Waals surface area (Å²) in [6.07, 6.45) is 24.3. The Balaban J connectivity index is 1.33. The lowest BCUT2D eigenvalue weighted by molar-refractivity contribution is 0.406. The van der Waals surface area contributed by atoms with Gasteiger partial charge in [-0.3, -0.25) is 0 Å². The lowest BCUT2D eigenvalue weighted by atomic mass is 9.66. The second kappa shape index (κ2) is 11.3. The van der Waals surface area contributed by atoms with Gasteiger partial charge in [0.2, 0.25) is 0 Å². The van der Waals surface area contributed by atoms with Gasteiger partial charge in [-0.2, -0.15) is 0 Å². The van der Waals surface area contributed by atoms with E-state index >= 15 is 0 Å². The van der Waals surface area contributed by atoms with Crippen molar-refractivity contribution in [1.82, 2.24) is 9.80 Å². The minimum atomic E-state index is -0.439. The number of para-hydroxylation sites is 1. The van der Waals surface area contributed by atoms with Crippen molar-refractivity contribution in [3.8, 4) is 0 Å². The zero-order valence-electron chi connectivity index (χ0n) is 27.6. The van der Waals surface area contributed by atoms with Crippen molar-refractivity contribution in [3.63, 3.8) is 0 Å². The molecule has 0 saturated heterocycles. The number of likely N-dealkylation sites (N-methyl/N-ethyl adjacent to an activating group) is 2.